The third-order valence-corrected chi connectivity index (χ3v) is 6.41. The average molecular weight is 287 g/mol. The topological polar surface area (TPSA) is 12.0 Å². The summed E-state index contributed by atoms with van der Waals surface area (Å²) in [6.45, 7) is 2.40. The van der Waals surface area contributed by atoms with E-state index in [1.54, 1.807) is 12.1 Å². The van der Waals surface area contributed by atoms with Crippen molar-refractivity contribution in [1.82, 2.24) is 5.32 Å². The van der Waals surface area contributed by atoms with E-state index in [2.05, 4.69) is 12.2 Å². The van der Waals surface area contributed by atoms with Crippen LogP contribution in [0.15, 0.2) is 24.3 Å². The highest BCUT2D eigenvalue weighted by molar-refractivity contribution is 5.23. The second-order valence-corrected chi connectivity index (χ2v) is 7.71. The summed E-state index contributed by atoms with van der Waals surface area (Å²) in [5, 5.41) is 3.88. The third kappa shape index (κ3) is 2.63. The van der Waals surface area contributed by atoms with Gasteiger partial charge in [-0.1, -0.05) is 18.6 Å². The molecule has 3 saturated carbocycles. The quantitative estimate of drug-likeness (QED) is 0.860. The molecule has 3 aliphatic rings. The van der Waals surface area contributed by atoms with Gasteiger partial charge in [0.2, 0.25) is 0 Å². The molecule has 0 aliphatic heterocycles. The Morgan fingerprint density at radius 1 is 1.05 bits per heavy atom. The van der Waals surface area contributed by atoms with Crippen LogP contribution in [0.3, 0.4) is 0 Å². The van der Waals surface area contributed by atoms with Gasteiger partial charge in [0.1, 0.15) is 5.82 Å². The lowest BCUT2D eigenvalue weighted by Gasteiger charge is -2.40. The van der Waals surface area contributed by atoms with E-state index in [4.69, 9.17) is 0 Å². The first kappa shape index (κ1) is 13.8. The molecule has 0 aromatic heterocycles. The standard InChI is InChI=1S/C19H26FN/c1-12(19-9-13-2-3-15(19)8-13)21-18-10-16(11-18)14-4-6-17(20)7-5-14/h4-7,12-13,15-16,18-19,21H,2-3,8-11H2,1H3. The van der Waals surface area contributed by atoms with Crippen LogP contribution in [0.5, 0.6) is 0 Å². The zero-order valence-electron chi connectivity index (χ0n) is 12.9. The van der Waals surface area contributed by atoms with Gasteiger partial charge in [0, 0.05) is 12.1 Å². The Labute approximate surface area is 127 Å². The molecular formula is C19H26FN. The Balaban J connectivity index is 1.27. The number of rotatable bonds is 4. The van der Waals surface area contributed by atoms with Gasteiger partial charge in [0.25, 0.3) is 0 Å². The normalized spacial score (nSPS) is 39.2. The van der Waals surface area contributed by atoms with Crippen LogP contribution in [0.2, 0.25) is 0 Å². The highest BCUT2D eigenvalue weighted by Crippen LogP contribution is 2.50. The van der Waals surface area contributed by atoms with Crippen LogP contribution in [0.25, 0.3) is 0 Å². The molecule has 2 heteroatoms. The van der Waals surface area contributed by atoms with E-state index in [9.17, 15) is 4.39 Å². The van der Waals surface area contributed by atoms with E-state index in [1.807, 2.05) is 12.1 Å². The van der Waals surface area contributed by atoms with Gasteiger partial charge < -0.3 is 5.32 Å². The van der Waals surface area contributed by atoms with Crippen LogP contribution in [0.4, 0.5) is 4.39 Å². The molecular weight excluding hydrogens is 261 g/mol. The predicted molar refractivity (Wildman–Crippen MR) is 83.7 cm³/mol. The highest BCUT2D eigenvalue weighted by atomic mass is 19.1. The van der Waals surface area contributed by atoms with E-state index in [0.717, 1.165) is 17.8 Å². The fourth-order valence-corrected chi connectivity index (χ4v) is 5.16. The molecule has 0 radical (unpaired) electrons. The van der Waals surface area contributed by atoms with Gasteiger partial charge >= 0.3 is 0 Å². The fourth-order valence-electron chi connectivity index (χ4n) is 5.16. The summed E-state index contributed by atoms with van der Waals surface area (Å²) in [5.74, 6) is 3.48. The first-order valence-corrected chi connectivity index (χ1v) is 8.70. The first-order chi connectivity index (χ1) is 10.2. The zero-order chi connectivity index (χ0) is 14.4. The van der Waals surface area contributed by atoms with Crippen LogP contribution in [0, 0.1) is 23.6 Å². The molecule has 1 nitrogen and oxygen atoms in total. The summed E-state index contributed by atoms with van der Waals surface area (Å²) < 4.78 is 13.0. The second kappa shape index (κ2) is 5.39. The van der Waals surface area contributed by atoms with E-state index >= 15 is 0 Å². The minimum Gasteiger partial charge on any atom is -0.311 e. The molecule has 1 N–H and O–H groups in total. The molecule has 0 heterocycles. The van der Waals surface area contributed by atoms with Gasteiger partial charge in [0.05, 0.1) is 0 Å². The smallest absolute Gasteiger partial charge is 0.123 e. The maximum atomic E-state index is 13.0. The largest absolute Gasteiger partial charge is 0.311 e. The summed E-state index contributed by atoms with van der Waals surface area (Å²) in [4.78, 5) is 0. The van der Waals surface area contributed by atoms with Gasteiger partial charge in [-0.15, -0.1) is 0 Å². The monoisotopic (exact) mass is 287 g/mol. The number of halogens is 1. The van der Waals surface area contributed by atoms with Gasteiger partial charge in [0.15, 0.2) is 0 Å². The average Bonchev–Trinajstić information content (AvgIpc) is 3.06. The summed E-state index contributed by atoms with van der Waals surface area (Å²) >= 11 is 0. The molecule has 4 unspecified atom stereocenters. The maximum absolute atomic E-state index is 13.0. The lowest BCUT2D eigenvalue weighted by atomic mass is 9.74. The van der Waals surface area contributed by atoms with Crippen molar-refractivity contribution in [3.63, 3.8) is 0 Å². The summed E-state index contributed by atoms with van der Waals surface area (Å²) in [6.07, 6.45) is 8.37. The van der Waals surface area contributed by atoms with Crippen molar-refractivity contribution in [2.24, 2.45) is 17.8 Å². The van der Waals surface area contributed by atoms with E-state index in [1.165, 1.54) is 44.1 Å². The number of benzene rings is 1. The number of fused-ring (bicyclic) bond motifs is 2. The number of hydrogen-bond donors (Lipinski definition) is 1. The highest BCUT2D eigenvalue weighted by Gasteiger charge is 2.43. The third-order valence-electron chi connectivity index (χ3n) is 6.41. The van der Waals surface area contributed by atoms with Crippen LogP contribution < -0.4 is 5.32 Å². The van der Waals surface area contributed by atoms with E-state index in [-0.39, 0.29) is 5.82 Å². The molecule has 1 aromatic rings. The molecule has 21 heavy (non-hydrogen) atoms. The fraction of sp³-hybridized carbons (Fsp3) is 0.684. The van der Waals surface area contributed by atoms with Crippen molar-refractivity contribution < 1.29 is 4.39 Å². The summed E-state index contributed by atoms with van der Waals surface area (Å²) in [7, 11) is 0. The predicted octanol–water partition coefficient (Wildman–Crippen LogP) is 4.49. The van der Waals surface area contributed by atoms with E-state index in [0.29, 0.717) is 18.0 Å². The van der Waals surface area contributed by atoms with Crippen LogP contribution in [0.1, 0.15) is 56.9 Å². The molecule has 4 atom stereocenters. The summed E-state index contributed by atoms with van der Waals surface area (Å²) in [6, 6.07) is 8.45. The minimum absolute atomic E-state index is 0.127. The zero-order valence-corrected chi connectivity index (χ0v) is 12.9. The van der Waals surface area contributed by atoms with Gasteiger partial charge in [-0.2, -0.15) is 0 Å². The second-order valence-electron chi connectivity index (χ2n) is 7.71. The van der Waals surface area contributed by atoms with Crippen LogP contribution in [-0.2, 0) is 0 Å². The first-order valence-electron chi connectivity index (χ1n) is 8.70. The van der Waals surface area contributed by atoms with Crippen molar-refractivity contribution in [2.75, 3.05) is 0 Å². The lowest BCUT2D eigenvalue weighted by Crippen LogP contribution is -2.48. The molecule has 0 saturated heterocycles. The molecule has 0 amide bonds. The number of hydrogen-bond acceptors (Lipinski definition) is 1. The Morgan fingerprint density at radius 2 is 1.81 bits per heavy atom. The van der Waals surface area contributed by atoms with Crippen molar-refractivity contribution in [2.45, 2.75) is 63.5 Å². The van der Waals surface area contributed by atoms with Crippen LogP contribution in [-0.4, -0.2) is 12.1 Å². The van der Waals surface area contributed by atoms with Crippen molar-refractivity contribution in [1.29, 1.82) is 0 Å². The van der Waals surface area contributed by atoms with E-state index < -0.39 is 0 Å². The van der Waals surface area contributed by atoms with Crippen LogP contribution >= 0.6 is 0 Å². The Bertz CT molecular complexity index is 491. The Hall–Kier alpha value is -0.890. The molecule has 114 valence electrons. The van der Waals surface area contributed by atoms with Crippen molar-refractivity contribution in [3.8, 4) is 0 Å². The maximum Gasteiger partial charge on any atom is 0.123 e. The lowest BCUT2D eigenvalue weighted by molar-refractivity contribution is 0.200. The van der Waals surface area contributed by atoms with Gasteiger partial charge in [-0.05, 0) is 80.4 Å². The van der Waals surface area contributed by atoms with Crippen molar-refractivity contribution >= 4 is 0 Å². The Morgan fingerprint density at radius 3 is 2.43 bits per heavy atom. The minimum atomic E-state index is -0.127. The molecule has 1 aromatic carbocycles. The molecule has 3 fully saturated rings. The van der Waals surface area contributed by atoms with Gasteiger partial charge in [-0.3, -0.25) is 0 Å². The van der Waals surface area contributed by atoms with Gasteiger partial charge in [-0.25, -0.2) is 4.39 Å². The summed E-state index contributed by atoms with van der Waals surface area (Å²) in [5.41, 5.74) is 1.31. The number of nitrogens with one attached hydrogen (secondary N) is 1. The molecule has 2 bridgehead atoms. The van der Waals surface area contributed by atoms with Crippen molar-refractivity contribution in [3.05, 3.63) is 35.6 Å². The molecule has 4 rings (SSSR count). The molecule has 0 spiro atoms. The Kier molecular flexibility index (Phi) is 3.53. The molecule has 3 aliphatic carbocycles. The SMILES string of the molecule is CC(NC1CC(c2ccc(F)cc2)C1)C1CC2CCC1C2.